The average Bonchev–Trinajstić information content (AvgIpc) is 3.18. The second-order valence-corrected chi connectivity index (χ2v) is 8.09. The molecule has 0 radical (unpaired) electrons. The Balaban J connectivity index is 1.62. The molecule has 172 valence electrons. The SMILES string of the molecule is CCCCn1c(CNCCc2ccc(F)cc2)nc2c1c(=O)[nH]c(=O)n2Cc1ccccc1. The van der Waals surface area contributed by atoms with Gasteiger partial charge in [-0.05, 0) is 42.6 Å². The molecule has 2 N–H and O–H groups in total. The fourth-order valence-corrected chi connectivity index (χ4v) is 3.91. The molecule has 0 atom stereocenters. The zero-order valence-electron chi connectivity index (χ0n) is 18.7. The van der Waals surface area contributed by atoms with Crippen molar-refractivity contribution < 1.29 is 4.39 Å². The van der Waals surface area contributed by atoms with Gasteiger partial charge in [0, 0.05) is 6.54 Å². The molecule has 0 saturated heterocycles. The van der Waals surface area contributed by atoms with E-state index in [2.05, 4.69) is 17.2 Å². The van der Waals surface area contributed by atoms with Crippen LogP contribution in [0.3, 0.4) is 0 Å². The molecule has 0 fully saturated rings. The minimum absolute atomic E-state index is 0.247. The Bertz CT molecular complexity index is 1320. The molecule has 0 aliphatic heterocycles. The molecule has 0 saturated carbocycles. The van der Waals surface area contributed by atoms with E-state index in [4.69, 9.17) is 4.98 Å². The third-order valence-corrected chi connectivity index (χ3v) is 5.67. The predicted octanol–water partition coefficient (Wildman–Crippen LogP) is 3.21. The summed E-state index contributed by atoms with van der Waals surface area (Å²) in [6, 6.07) is 16.1. The van der Waals surface area contributed by atoms with Gasteiger partial charge in [-0.3, -0.25) is 14.3 Å². The maximum Gasteiger partial charge on any atom is 0.330 e. The van der Waals surface area contributed by atoms with Crippen LogP contribution in [0.4, 0.5) is 4.39 Å². The van der Waals surface area contributed by atoms with E-state index >= 15 is 0 Å². The Kier molecular flexibility index (Phi) is 7.14. The summed E-state index contributed by atoms with van der Waals surface area (Å²) in [4.78, 5) is 32.6. The maximum absolute atomic E-state index is 13.1. The normalized spacial score (nSPS) is 11.3. The van der Waals surface area contributed by atoms with Gasteiger partial charge in [-0.15, -0.1) is 0 Å². The lowest BCUT2D eigenvalue weighted by atomic mass is 10.1. The Hall–Kier alpha value is -3.52. The van der Waals surface area contributed by atoms with E-state index in [1.807, 2.05) is 34.9 Å². The first-order valence-electron chi connectivity index (χ1n) is 11.3. The zero-order chi connectivity index (χ0) is 23.2. The van der Waals surface area contributed by atoms with Gasteiger partial charge in [0.15, 0.2) is 11.2 Å². The van der Waals surface area contributed by atoms with Crippen LogP contribution in [-0.2, 0) is 26.1 Å². The van der Waals surface area contributed by atoms with Crippen LogP contribution < -0.4 is 16.6 Å². The Labute approximate surface area is 190 Å². The number of fused-ring (bicyclic) bond motifs is 1. The number of halogens is 1. The molecule has 7 nitrogen and oxygen atoms in total. The Morgan fingerprint density at radius 2 is 1.76 bits per heavy atom. The summed E-state index contributed by atoms with van der Waals surface area (Å²) in [6.07, 6.45) is 2.61. The highest BCUT2D eigenvalue weighted by atomic mass is 19.1. The van der Waals surface area contributed by atoms with Crippen molar-refractivity contribution in [3.8, 4) is 0 Å². The largest absolute Gasteiger partial charge is 0.330 e. The smallest absolute Gasteiger partial charge is 0.321 e. The van der Waals surface area contributed by atoms with Crippen molar-refractivity contribution in [3.63, 3.8) is 0 Å². The van der Waals surface area contributed by atoms with E-state index < -0.39 is 11.2 Å². The number of rotatable bonds is 10. The molecule has 0 amide bonds. The van der Waals surface area contributed by atoms with Gasteiger partial charge in [0.2, 0.25) is 0 Å². The highest BCUT2D eigenvalue weighted by Gasteiger charge is 2.18. The number of hydrogen-bond acceptors (Lipinski definition) is 4. The van der Waals surface area contributed by atoms with Crippen molar-refractivity contribution in [1.82, 2.24) is 24.4 Å². The maximum atomic E-state index is 13.1. The van der Waals surface area contributed by atoms with Crippen LogP contribution in [0.2, 0.25) is 0 Å². The van der Waals surface area contributed by atoms with Gasteiger partial charge in [-0.2, -0.15) is 0 Å². The summed E-state index contributed by atoms with van der Waals surface area (Å²) in [7, 11) is 0. The number of unbranched alkanes of at least 4 members (excludes halogenated alkanes) is 1. The lowest BCUT2D eigenvalue weighted by molar-refractivity contribution is 0.579. The van der Waals surface area contributed by atoms with Crippen LogP contribution in [0, 0.1) is 5.82 Å². The van der Waals surface area contributed by atoms with E-state index in [0.29, 0.717) is 37.3 Å². The van der Waals surface area contributed by atoms with Crippen molar-refractivity contribution in [2.24, 2.45) is 0 Å². The second kappa shape index (κ2) is 10.4. The molecule has 33 heavy (non-hydrogen) atoms. The zero-order valence-corrected chi connectivity index (χ0v) is 18.7. The fraction of sp³-hybridized carbons (Fsp3) is 0.320. The lowest BCUT2D eigenvalue weighted by Gasteiger charge is -2.09. The molecule has 0 spiro atoms. The number of nitrogens with one attached hydrogen (secondary N) is 2. The lowest BCUT2D eigenvalue weighted by Crippen LogP contribution is -2.31. The van der Waals surface area contributed by atoms with Gasteiger partial charge < -0.3 is 9.88 Å². The van der Waals surface area contributed by atoms with E-state index in [9.17, 15) is 14.0 Å². The van der Waals surface area contributed by atoms with Crippen LogP contribution >= 0.6 is 0 Å². The minimum atomic E-state index is -0.465. The van der Waals surface area contributed by atoms with E-state index in [-0.39, 0.29) is 5.82 Å². The van der Waals surface area contributed by atoms with Gasteiger partial charge in [-0.1, -0.05) is 55.8 Å². The molecule has 2 heterocycles. The molecule has 0 aliphatic carbocycles. The van der Waals surface area contributed by atoms with E-state index in [1.165, 1.54) is 16.7 Å². The number of H-pyrrole nitrogens is 1. The van der Waals surface area contributed by atoms with Gasteiger partial charge in [-0.25, -0.2) is 14.2 Å². The number of hydrogen-bond donors (Lipinski definition) is 2. The number of benzene rings is 2. The van der Waals surface area contributed by atoms with Crippen molar-refractivity contribution in [2.75, 3.05) is 6.54 Å². The van der Waals surface area contributed by atoms with Crippen LogP contribution in [0.25, 0.3) is 11.2 Å². The van der Waals surface area contributed by atoms with Gasteiger partial charge in [0.25, 0.3) is 5.56 Å². The highest BCUT2D eigenvalue weighted by Crippen LogP contribution is 2.14. The molecule has 0 bridgehead atoms. The number of imidazole rings is 1. The molecule has 2 aromatic carbocycles. The van der Waals surface area contributed by atoms with Crippen molar-refractivity contribution in [3.05, 3.63) is 98.2 Å². The van der Waals surface area contributed by atoms with Crippen LogP contribution in [0.5, 0.6) is 0 Å². The number of nitrogens with zero attached hydrogens (tertiary/aromatic N) is 3. The monoisotopic (exact) mass is 449 g/mol. The van der Waals surface area contributed by atoms with Crippen LogP contribution in [0.1, 0.15) is 36.7 Å². The second-order valence-electron chi connectivity index (χ2n) is 8.09. The quantitative estimate of drug-likeness (QED) is 0.364. The molecule has 0 aliphatic rings. The molecule has 8 heteroatoms. The Morgan fingerprint density at radius 1 is 1.00 bits per heavy atom. The van der Waals surface area contributed by atoms with Gasteiger partial charge in [0.1, 0.15) is 11.6 Å². The molecule has 2 aromatic heterocycles. The van der Waals surface area contributed by atoms with Crippen LogP contribution in [-0.4, -0.2) is 25.6 Å². The summed E-state index contributed by atoms with van der Waals surface area (Å²) in [5.41, 5.74) is 1.94. The van der Waals surface area contributed by atoms with Gasteiger partial charge in [0.05, 0.1) is 13.1 Å². The fourth-order valence-electron chi connectivity index (χ4n) is 3.91. The number of aryl methyl sites for hydroxylation is 1. The first-order chi connectivity index (χ1) is 16.1. The number of aromatic amines is 1. The Morgan fingerprint density at radius 3 is 2.48 bits per heavy atom. The summed E-state index contributed by atoms with van der Waals surface area (Å²) >= 11 is 0. The van der Waals surface area contributed by atoms with E-state index in [0.717, 1.165) is 36.2 Å². The topological polar surface area (TPSA) is 84.7 Å². The third-order valence-electron chi connectivity index (χ3n) is 5.67. The first-order valence-corrected chi connectivity index (χ1v) is 11.3. The summed E-state index contributed by atoms with van der Waals surface area (Å²) in [6.45, 7) is 4.20. The summed E-state index contributed by atoms with van der Waals surface area (Å²) in [5, 5.41) is 3.37. The van der Waals surface area contributed by atoms with Crippen LogP contribution in [0.15, 0.2) is 64.2 Å². The first kappa shape index (κ1) is 22.7. The molecule has 4 rings (SSSR count). The average molecular weight is 450 g/mol. The summed E-state index contributed by atoms with van der Waals surface area (Å²) in [5.74, 6) is 0.471. The standard InChI is InChI=1S/C25H28FN5O2/c1-2-3-15-30-21(16-27-14-13-18-9-11-20(26)12-10-18)28-23-22(30)24(32)29-25(33)31(23)17-19-7-5-4-6-8-19/h4-12,27H,2-3,13-17H2,1H3,(H,29,32,33). The molecule has 0 unspecified atom stereocenters. The highest BCUT2D eigenvalue weighted by molar-refractivity contribution is 5.71. The number of aromatic nitrogens is 4. The molecular formula is C25H28FN5O2. The van der Waals surface area contributed by atoms with Crippen molar-refractivity contribution in [1.29, 1.82) is 0 Å². The molecule has 4 aromatic rings. The summed E-state index contributed by atoms with van der Waals surface area (Å²) < 4.78 is 16.5. The van der Waals surface area contributed by atoms with E-state index in [1.54, 1.807) is 12.1 Å². The third kappa shape index (κ3) is 5.28. The van der Waals surface area contributed by atoms with Crippen molar-refractivity contribution in [2.45, 2.75) is 45.8 Å². The predicted molar refractivity (Wildman–Crippen MR) is 127 cm³/mol. The minimum Gasteiger partial charge on any atom is -0.321 e. The molecular weight excluding hydrogens is 421 g/mol. The van der Waals surface area contributed by atoms with Gasteiger partial charge >= 0.3 is 5.69 Å². The van der Waals surface area contributed by atoms with Crippen molar-refractivity contribution >= 4 is 11.2 Å².